The van der Waals surface area contributed by atoms with Gasteiger partial charge in [-0.15, -0.1) is 0 Å². The molecule has 0 saturated heterocycles. The van der Waals surface area contributed by atoms with E-state index in [1.807, 2.05) is 30.3 Å². The van der Waals surface area contributed by atoms with E-state index >= 15 is 0 Å². The molecule has 0 atom stereocenters. The number of benzene rings is 2. The van der Waals surface area contributed by atoms with Gasteiger partial charge in [-0.05, 0) is 42.7 Å². The van der Waals surface area contributed by atoms with Crippen molar-refractivity contribution in [2.75, 3.05) is 0 Å². The first-order chi connectivity index (χ1) is 11.6. The molecule has 0 aliphatic heterocycles. The monoisotopic (exact) mass is 337 g/mol. The van der Waals surface area contributed by atoms with Crippen molar-refractivity contribution in [2.24, 2.45) is 4.99 Å². The minimum atomic E-state index is -0.500. The molecule has 3 rings (SSSR count). The Morgan fingerprint density at radius 1 is 1.21 bits per heavy atom. The van der Waals surface area contributed by atoms with Gasteiger partial charge in [-0.3, -0.25) is 0 Å². The highest BCUT2D eigenvalue weighted by Crippen LogP contribution is 2.34. The van der Waals surface area contributed by atoms with E-state index in [1.54, 1.807) is 25.1 Å². The SMILES string of the molecule is Cc1nn(-c2ccccc2)c(N=C([O-])c2cccc(Cl)c2)c1[N+]#N. The third-order valence-electron chi connectivity index (χ3n) is 3.38. The number of hydrogen-bond acceptors (Lipinski definition) is 4. The summed E-state index contributed by atoms with van der Waals surface area (Å²) in [4.78, 5) is 7.31. The second-order valence-corrected chi connectivity index (χ2v) is 5.47. The first-order valence-corrected chi connectivity index (χ1v) is 7.49. The molecule has 0 bridgehead atoms. The summed E-state index contributed by atoms with van der Waals surface area (Å²) in [7, 11) is 0. The molecule has 24 heavy (non-hydrogen) atoms. The van der Waals surface area contributed by atoms with Crippen LogP contribution in [-0.2, 0) is 0 Å². The molecule has 2 aromatic carbocycles. The number of hydrogen-bond donors (Lipinski definition) is 0. The summed E-state index contributed by atoms with van der Waals surface area (Å²) in [6.45, 7) is 1.68. The van der Waals surface area contributed by atoms with Crippen LogP contribution >= 0.6 is 11.6 Å². The van der Waals surface area contributed by atoms with Gasteiger partial charge in [-0.25, -0.2) is 9.67 Å². The maximum absolute atomic E-state index is 12.4. The fraction of sp³-hybridized carbons (Fsp3) is 0.0588. The molecule has 3 aromatic rings. The molecule has 0 unspecified atom stereocenters. The zero-order valence-corrected chi connectivity index (χ0v) is 13.5. The molecule has 6 nitrogen and oxygen atoms in total. The van der Waals surface area contributed by atoms with Crippen LogP contribution in [0.3, 0.4) is 0 Å². The van der Waals surface area contributed by atoms with Crippen molar-refractivity contribution in [1.82, 2.24) is 9.78 Å². The van der Waals surface area contributed by atoms with Crippen LogP contribution in [0.25, 0.3) is 10.7 Å². The minimum absolute atomic E-state index is 0.147. The topological polar surface area (TPSA) is 81.4 Å². The molecular weight excluding hydrogens is 326 g/mol. The Balaban J connectivity index is 2.17. The fourth-order valence-electron chi connectivity index (χ4n) is 2.26. The summed E-state index contributed by atoms with van der Waals surface area (Å²) in [6, 6.07) is 15.7. The highest BCUT2D eigenvalue weighted by Gasteiger charge is 2.26. The van der Waals surface area contributed by atoms with E-state index in [0.717, 1.165) is 0 Å². The molecule has 7 heteroatoms. The first kappa shape index (κ1) is 15.7. The van der Waals surface area contributed by atoms with E-state index in [4.69, 9.17) is 11.6 Å². The third-order valence-corrected chi connectivity index (χ3v) is 3.62. The van der Waals surface area contributed by atoms with Crippen molar-refractivity contribution in [1.29, 1.82) is 5.39 Å². The zero-order chi connectivity index (χ0) is 17.1. The lowest BCUT2D eigenvalue weighted by molar-refractivity contribution is -0.212. The lowest BCUT2D eigenvalue weighted by Crippen LogP contribution is -2.18. The molecule has 0 aliphatic carbocycles. The Bertz CT molecular complexity index is 957. The van der Waals surface area contributed by atoms with Gasteiger partial charge in [0.25, 0.3) is 5.82 Å². The van der Waals surface area contributed by atoms with E-state index in [2.05, 4.69) is 15.1 Å². The van der Waals surface area contributed by atoms with Gasteiger partial charge in [-0.2, -0.15) is 5.10 Å². The molecule has 0 aliphatic rings. The molecule has 0 amide bonds. The minimum Gasteiger partial charge on any atom is -0.858 e. The molecule has 118 valence electrons. The van der Waals surface area contributed by atoms with Gasteiger partial charge in [0.15, 0.2) is 10.7 Å². The number of rotatable bonds is 3. The predicted molar refractivity (Wildman–Crippen MR) is 90.7 cm³/mol. The van der Waals surface area contributed by atoms with Crippen LogP contribution < -0.4 is 5.11 Å². The highest BCUT2D eigenvalue weighted by molar-refractivity contribution is 6.30. The number of aliphatic imine (C=N–C) groups is 1. The van der Waals surface area contributed by atoms with Gasteiger partial charge in [0, 0.05) is 5.02 Å². The molecule has 0 fully saturated rings. The Labute approximate surface area is 143 Å². The number of aryl methyl sites for hydroxylation is 1. The van der Waals surface area contributed by atoms with Crippen molar-refractivity contribution < 1.29 is 5.11 Å². The summed E-state index contributed by atoms with van der Waals surface area (Å²) in [5.41, 5.74) is 1.64. The zero-order valence-electron chi connectivity index (χ0n) is 12.7. The molecule has 1 aromatic heterocycles. The number of halogens is 1. The average Bonchev–Trinajstić information content (AvgIpc) is 2.91. The first-order valence-electron chi connectivity index (χ1n) is 7.12. The molecule has 0 saturated carbocycles. The molecule has 1 heterocycles. The van der Waals surface area contributed by atoms with Crippen LogP contribution in [0.5, 0.6) is 0 Å². The average molecular weight is 338 g/mol. The van der Waals surface area contributed by atoms with E-state index in [1.165, 1.54) is 10.7 Å². The van der Waals surface area contributed by atoms with Gasteiger partial charge in [0.05, 0.1) is 5.69 Å². The quantitative estimate of drug-likeness (QED) is 0.414. The van der Waals surface area contributed by atoms with Gasteiger partial charge in [0.2, 0.25) is 5.39 Å². The summed E-state index contributed by atoms with van der Waals surface area (Å²) in [6.07, 6.45) is 0. The van der Waals surface area contributed by atoms with E-state index in [0.29, 0.717) is 22.0 Å². The third kappa shape index (κ3) is 2.98. The van der Waals surface area contributed by atoms with E-state index in [-0.39, 0.29) is 11.5 Å². The summed E-state index contributed by atoms with van der Waals surface area (Å²) in [5, 5.41) is 26.5. The molecule has 0 radical (unpaired) electrons. The van der Waals surface area contributed by atoms with Crippen molar-refractivity contribution in [3.8, 4) is 5.69 Å². The van der Waals surface area contributed by atoms with E-state index < -0.39 is 5.90 Å². The van der Waals surface area contributed by atoms with Crippen LogP contribution in [0.1, 0.15) is 11.3 Å². The van der Waals surface area contributed by atoms with Gasteiger partial charge >= 0.3 is 5.69 Å². The van der Waals surface area contributed by atoms with Crippen molar-refractivity contribution in [3.05, 3.63) is 75.9 Å². The summed E-state index contributed by atoms with van der Waals surface area (Å²) < 4.78 is 1.47. The summed E-state index contributed by atoms with van der Waals surface area (Å²) >= 11 is 5.91. The Morgan fingerprint density at radius 3 is 2.62 bits per heavy atom. The van der Waals surface area contributed by atoms with Crippen molar-refractivity contribution in [2.45, 2.75) is 6.92 Å². The van der Waals surface area contributed by atoms with E-state index in [9.17, 15) is 10.5 Å². The van der Waals surface area contributed by atoms with Crippen LogP contribution in [0.2, 0.25) is 5.02 Å². The molecule has 0 N–H and O–H groups in total. The Kier molecular flexibility index (Phi) is 4.27. The van der Waals surface area contributed by atoms with Crippen LogP contribution in [0.4, 0.5) is 11.5 Å². The van der Waals surface area contributed by atoms with Gasteiger partial charge < -0.3 is 5.11 Å². The Morgan fingerprint density at radius 2 is 1.96 bits per heavy atom. The number of diazo groups is 1. The second kappa shape index (κ2) is 6.52. The van der Waals surface area contributed by atoms with Gasteiger partial charge in [0.1, 0.15) is 0 Å². The van der Waals surface area contributed by atoms with Crippen LogP contribution in [-0.4, -0.2) is 15.7 Å². The lowest BCUT2D eigenvalue weighted by atomic mass is 10.2. The normalized spacial score (nSPS) is 11.3. The van der Waals surface area contributed by atoms with Crippen molar-refractivity contribution >= 4 is 29.0 Å². The fourth-order valence-corrected chi connectivity index (χ4v) is 2.45. The van der Waals surface area contributed by atoms with Crippen molar-refractivity contribution in [3.63, 3.8) is 0 Å². The molecular formula is C17H12ClN5O. The highest BCUT2D eigenvalue weighted by atomic mass is 35.5. The molecule has 0 spiro atoms. The van der Waals surface area contributed by atoms with Crippen LogP contribution in [0, 0.1) is 12.3 Å². The van der Waals surface area contributed by atoms with Crippen LogP contribution in [0.15, 0.2) is 59.6 Å². The Hall–Kier alpha value is -3.17. The number of nitrogens with zero attached hydrogens (tertiary/aromatic N) is 5. The predicted octanol–water partition coefficient (Wildman–Crippen LogP) is 3.76. The second-order valence-electron chi connectivity index (χ2n) is 5.03. The standard InChI is InChI=1S/C17H12ClN5O/c1-11-15(21-19)16(23(22-11)14-8-3-2-4-9-14)20-17(24)12-6-5-7-13(18)10-12/h2-10H,1H3. The maximum atomic E-state index is 12.4. The largest absolute Gasteiger partial charge is 0.858 e. The number of aromatic nitrogens is 2. The van der Waals surface area contributed by atoms with Gasteiger partial charge in [-0.1, -0.05) is 41.9 Å². The maximum Gasteiger partial charge on any atom is 0.451 e. The number of para-hydroxylation sites is 1. The lowest BCUT2D eigenvalue weighted by Gasteiger charge is -2.11. The summed E-state index contributed by atoms with van der Waals surface area (Å²) in [5.74, 6) is -0.342. The smallest absolute Gasteiger partial charge is 0.451 e.